The van der Waals surface area contributed by atoms with Crippen LogP contribution in [0.3, 0.4) is 0 Å². The smallest absolute Gasteiger partial charge is 0.144 e. The lowest BCUT2D eigenvalue weighted by atomic mass is 9.95. The highest BCUT2D eigenvalue weighted by Gasteiger charge is 2.19. The van der Waals surface area contributed by atoms with E-state index in [1.807, 2.05) is 6.07 Å². The molecule has 0 aliphatic carbocycles. The second-order valence-electron chi connectivity index (χ2n) is 10.7. The fourth-order valence-corrected chi connectivity index (χ4v) is 6.50. The van der Waals surface area contributed by atoms with Gasteiger partial charge in [0.1, 0.15) is 11.2 Å². The SMILES string of the molecule is c1ccc(-c2nc3ccccc3c3c2ccc2c4cccc(-c5ccc6ccc7ccccc7c6c5)c4oc23)cc1. The molecule has 0 aliphatic heterocycles. The summed E-state index contributed by atoms with van der Waals surface area (Å²) in [6, 6.07) is 49.5. The van der Waals surface area contributed by atoms with Gasteiger partial charge in [-0.05, 0) is 45.3 Å². The van der Waals surface area contributed by atoms with Crippen LogP contribution in [0.5, 0.6) is 0 Å². The minimum absolute atomic E-state index is 0.909. The molecule has 2 aromatic heterocycles. The first-order chi connectivity index (χ1) is 20.3. The zero-order valence-corrected chi connectivity index (χ0v) is 22.1. The Hall–Kier alpha value is -5.47. The first-order valence-corrected chi connectivity index (χ1v) is 14.0. The van der Waals surface area contributed by atoms with Crippen LogP contribution in [0.25, 0.3) is 87.5 Å². The van der Waals surface area contributed by atoms with Crippen LogP contribution in [0.15, 0.2) is 144 Å². The summed E-state index contributed by atoms with van der Waals surface area (Å²) >= 11 is 0. The quantitative estimate of drug-likeness (QED) is 0.211. The van der Waals surface area contributed by atoms with Crippen LogP contribution in [0.1, 0.15) is 0 Å². The van der Waals surface area contributed by atoms with Gasteiger partial charge in [-0.15, -0.1) is 0 Å². The normalized spacial score (nSPS) is 11.9. The van der Waals surface area contributed by atoms with Crippen molar-refractivity contribution in [1.29, 1.82) is 0 Å². The number of aromatic nitrogens is 1. The third kappa shape index (κ3) is 3.28. The molecule has 2 heterocycles. The van der Waals surface area contributed by atoms with Crippen LogP contribution in [-0.2, 0) is 0 Å². The van der Waals surface area contributed by atoms with Gasteiger partial charge >= 0.3 is 0 Å². The molecule has 0 atom stereocenters. The lowest BCUT2D eigenvalue weighted by Gasteiger charge is -2.10. The number of rotatable bonds is 2. The fraction of sp³-hybridized carbons (Fsp3) is 0. The molecule has 190 valence electrons. The number of pyridine rings is 1. The summed E-state index contributed by atoms with van der Waals surface area (Å²) in [5.74, 6) is 0. The Morgan fingerprint density at radius 2 is 1.10 bits per heavy atom. The highest BCUT2D eigenvalue weighted by atomic mass is 16.3. The summed E-state index contributed by atoms with van der Waals surface area (Å²) in [5.41, 5.74) is 7.12. The molecule has 0 aliphatic rings. The van der Waals surface area contributed by atoms with E-state index in [1.165, 1.54) is 21.5 Å². The van der Waals surface area contributed by atoms with Crippen molar-refractivity contribution in [2.24, 2.45) is 0 Å². The van der Waals surface area contributed by atoms with Crippen LogP contribution in [0.4, 0.5) is 0 Å². The fourth-order valence-electron chi connectivity index (χ4n) is 6.50. The maximum absolute atomic E-state index is 6.92. The van der Waals surface area contributed by atoms with Crippen molar-refractivity contribution < 1.29 is 4.42 Å². The topological polar surface area (TPSA) is 26.0 Å². The second kappa shape index (κ2) is 8.51. The van der Waals surface area contributed by atoms with Gasteiger partial charge in [-0.25, -0.2) is 4.98 Å². The number of nitrogens with zero attached hydrogens (tertiary/aromatic N) is 1. The number of fused-ring (bicyclic) bond motifs is 10. The van der Waals surface area contributed by atoms with E-state index in [1.54, 1.807) is 0 Å². The Morgan fingerprint density at radius 3 is 2.00 bits per heavy atom. The lowest BCUT2D eigenvalue weighted by molar-refractivity contribution is 0.674. The number of benzene rings is 7. The third-order valence-corrected chi connectivity index (χ3v) is 8.43. The van der Waals surface area contributed by atoms with Crippen molar-refractivity contribution in [2.45, 2.75) is 0 Å². The van der Waals surface area contributed by atoms with Gasteiger partial charge in [0.05, 0.1) is 11.2 Å². The summed E-state index contributed by atoms with van der Waals surface area (Å²) in [6.07, 6.45) is 0. The van der Waals surface area contributed by atoms with Crippen molar-refractivity contribution in [3.05, 3.63) is 140 Å². The molecule has 2 nitrogen and oxygen atoms in total. The highest BCUT2D eigenvalue weighted by Crippen LogP contribution is 2.43. The Balaban J connectivity index is 1.37. The molecule has 0 unspecified atom stereocenters. The van der Waals surface area contributed by atoms with E-state index in [2.05, 4.69) is 133 Å². The van der Waals surface area contributed by atoms with Gasteiger partial charge in [-0.1, -0.05) is 121 Å². The predicted octanol–water partition coefficient (Wildman–Crippen LogP) is 10.9. The van der Waals surface area contributed by atoms with Gasteiger partial charge < -0.3 is 4.42 Å². The van der Waals surface area contributed by atoms with Gasteiger partial charge in [0, 0.05) is 38.1 Å². The Bertz CT molecular complexity index is 2470. The monoisotopic (exact) mass is 521 g/mol. The second-order valence-corrected chi connectivity index (χ2v) is 10.7. The highest BCUT2D eigenvalue weighted by molar-refractivity contribution is 6.25. The first kappa shape index (κ1) is 22.4. The molecule has 7 aromatic carbocycles. The Kier molecular flexibility index (Phi) is 4.64. The van der Waals surface area contributed by atoms with E-state index in [9.17, 15) is 0 Å². The number of furan rings is 1. The summed E-state index contributed by atoms with van der Waals surface area (Å²) < 4.78 is 6.92. The summed E-state index contributed by atoms with van der Waals surface area (Å²) in [7, 11) is 0. The first-order valence-electron chi connectivity index (χ1n) is 14.0. The number of hydrogen-bond acceptors (Lipinski definition) is 2. The molecule has 0 amide bonds. The van der Waals surface area contributed by atoms with Crippen molar-refractivity contribution >= 4 is 65.2 Å². The molecule has 2 heteroatoms. The van der Waals surface area contributed by atoms with Crippen LogP contribution in [0, 0.1) is 0 Å². The van der Waals surface area contributed by atoms with E-state index in [0.29, 0.717) is 0 Å². The average molecular weight is 522 g/mol. The van der Waals surface area contributed by atoms with Gasteiger partial charge in [-0.3, -0.25) is 0 Å². The van der Waals surface area contributed by atoms with E-state index in [0.717, 1.165) is 66.0 Å². The number of para-hydroxylation sites is 2. The van der Waals surface area contributed by atoms with Gasteiger partial charge in [0.15, 0.2) is 0 Å². The minimum Gasteiger partial charge on any atom is -0.455 e. The maximum Gasteiger partial charge on any atom is 0.144 e. The molecule has 41 heavy (non-hydrogen) atoms. The molecule has 0 N–H and O–H groups in total. The van der Waals surface area contributed by atoms with Crippen LogP contribution in [-0.4, -0.2) is 4.98 Å². The molecule has 9 aromatic rings. The van der Waals surface area contributed by atoms with Crippen LogP contribution < -0.4 is 0 Å². The largest absolute Gasteiger partial charge is 0.455 e. The standard InChI is InChI=1S/C39H23NO/c1-2-10-26(11-3-1)37-33-22-21-31-30-15-8-14-29(38(30)41-39(31)36(33)32-13-6-7-16-35(32)40-37)27-20-19-25-18-17-24-9-4-5-12-28(24)34(25)23-27/h1-23H. The van der Waals surface area contributed by atoms with E-state index in [-0.39, 0.29) is 0 Å². The van der Waals surface area contributed by atoms with Crippen LogP contribution >= 0.6 is 0 Å². The zero-order chi connectivity index (χ0) is 26.9. The minimum atomic E-state index is 0.909. The van der Waals surface area contributed by atoms with Crippen molar-refractivity contribution in [2.75, 3.05) is 0 Å². The zero-order valence-electron chi connectivity index (χ0n) is 22.1. The lowest BCUT2D eigenvalue weighted by Crippen LogP contribution is -1.89. The molecule has 0 bridgehead atoms. The van der Waals surface area contributed by atoms with Crippen molar-refractivity contribution in [3.8, 4) is 22.4 Å². The summed E-state index contributed by atoms with van der Waals surface area (Å²) in [5, 5.41) is 10.6. The molecule has 0 saturated heterocycles. The predicted molar refractivity (Wildman–Crippen MR) is 172 cm³/mol. The third-order valence-electron chi connectivity index (χ3n) is 8.43. The molecule has 9 rings (SSSR count). The van der Waals surface area contributed by atoms with E-state index < -0.39 is 0 Å². The Morgan fingerprint density at radius 1 is 0.415 bits per heavy atom. The summed E-state index contributed by atoms with van der Waals surface area (Å²) in [6.45, 7) is 0. The van der Waals surface area contributed by atoms with E-state index in [4.69, 9.17) is 9.40 Å². The van der Waals surface area contributed by atoms with Crippen LogP contribution in [0.2, 0.25) is 0 Å². The van der Waals surface area contributed by atoms with Gasteiger partial charge in [0.25, 0.3) is 0 Å². The van der Waals surface area contributed by atoms with Gasteiger partial charge in [-0.2, -0.15) is 0 Å². The molecular formula is C39H23NO. The molecule has 0 fully saturated rings. The average Bonchev–Trinajstić information content (AvgIpc) is 3.43. The molecule has 0 saturated carbocycles. The van der Waals surface area contributed by atoms with Crippen molar-refractivity contribution in [1.82, 2.24) is 4.98 Å². The molecular weight excluding hydrogens is 498 g/mol. The Labute approximate surface area is 236 Å². The van der Waals surface area contributed by atoms with E-state index >= 15 is 0 Å². The maximum atomic E-state index is 6.92. The summed E-state index contributed by atoms with van der Waals surface area (Å²) in [4.78, 5) is 5.11. The number of hydrogen-bond donors (Lipinski definition) is 0. The van der Waals surface area contributed by atoms with Gasteiger partial charge in [0.2, 0.25) is 0 Å². The molecule has 0 radical (unpaired) electrons. The van der Waals surface area contributed by atoms with Crippen molar-refractivity contribution in [3.63, 3.8) is 0 Å². The molecule has 0 spiro atoms.